The quantitative estimate of drug-likeness (QED) is 0.646. The summed E-state index contributed by atoms with van der Waals surface area (Å²) in [5.41, 5.74) is 1.65. The summed E-state index contributed by atoms with van der Waals surface area (Å²) in [6.45, 7) is 4.15. The van der Waals surface area contributed by atoms with E-state index < -0.39 is 15.9 Å². The molecule has 1 heterocycles. The molecule has 2 aromatic carbocycles. The predicted octanol–water partition coefficient (Wildman–Crippen LogP) is 4.35. The highest BCUT2D eigenvalue weighted by Gasteiger charge is 2.28. The molecule has 7 nitrogen and oxygen atoms in total. The molecule has 0 saturated carbocycles. The average molecular weight is 478 g/mol. The second kappa shape index (κ2) is 10.5. The summed E-state index contributed by atoms with van der Waals surface area (Å²) in [6, 6.07) is 11.1. The maximum Gasteiger partial charge on any atom is 0.251 e. The number of sulfonamides is 1. The van der Waals surface area contributed by atoms with Gasteiger partial charge in [-0.3, -0.25) is 9.59 Å². The lowest BCUT2D eigenvalue weighted by Crippen LogP contribution is -2.32. The number of rotatable bonds is 6. The molecule has 32 heavy (non-hydrogen) atoms. The molecule has 1 fully saturated rings. The van der Waals surface area contributed by atoms with E-state index in [0.29, 0.717) is 18.8 Å². The van der Waals surface area contributed by atoms with Crippen molar-refractivity contribution in [1.29, 1.82) is 0 Å². The minimum Gasteiger partial charge on any atom is -0.346 e. The monoisotopic (exact) mass is 477 g/mol. The van der Waals surface area contributed by atoms with E-state index in [1.165, 1.54) is 29.4 Å². The Hall–Kier alpha value is -2.42. The first kappa shape index (κ1) is 24.2. The van der Waals surface area contributed by atoms with Crippen LogP contribution < -0.4 is 10.6 Å². The van der Waals surface area contributed by atoms with Gasteiger partial charge in [-0.05, 0) is 55.7 Å². The van der Waals surface area contributed by atoms with Crippen LogP contribution in [-0.4, -0.2) is 37.6 Å². The zero-order valence-corrected chi connectivity index (χ0v) is 19.8. The molecule has 1 saturated heterocycles. The molecule has 0 aromatic heterocycles. The van der Waals surface area contributed by atoms with Gasteiger partial charge in [0.15, 0.2) is 0 Å². The number of hydrogen-bond acceptors (Lipinski definition) is 4. The minimum atomic E-state index is -3.79. The van der Waals surface area contributed by atoms with Gasteiger partial charge in [-0.1, -0.05) is 36.6 Å². The van der Waals surface area contributed by atoms with Gasteiger partial charge in [-0.15, -0.1) is 0 Å². The summed E-state index contributed by atoms with van der Waals surface area (Å²) in [4.78, 5) is 24.1. The largest absolute Gasteiger partial charge is 0.346 e. The first-order chi connectivity index (χ1) is 15.2. The first-order valence-corrected chi connectivity index (χ1v) is 12.5. The summed E-state index contributed by atoms with van der Waals surface area (Å²) >= 11 is 6.23. The van der Waals surface area contributed by atoms with Gasteiger partial charge in [-0.25, -0.2) is 8.42 Å². The van der Waals surface area contributed by atoms with Crippen molar-refractivity contribution in [2.24, 2.45) is 0 Å². The number of halogens is 1. The molecule has 1 aliphatic rings. The maximum absolute atomic E-state index is 13.2. The van der Waals surface area contributed by atoms with Crippen molar-refractivity contribution in [3.8, 4) is 0 Å². The van der Waals surface area contributed by atoms with E-state index in [2.05, 4.69) is 10.6 Å². The predicted molar refractivity (Wildman–Crippen MR) is 125 cm³/mol. The molecule has 1 unspecified atom stereocenters. The van der Waals surface area contributed by atoms with Gasteiger partial charge >= 0.3 is 0 Å². The normalized spacial score (nSPS) is 16.1. The van der Waals surface area contributed by atoms with Crippen LogP contribution in [0.4, 0.5) is 5.69 Å². The molecule has 0 radical (unpaired) electrons. The van der Waals surface area contributed by atoms with E-state index >= 15 is 0 Å². The molecule has 0 spiro atoms. The fraction of sp³-hybridized carbons (Fsp3) is 0.391. The Morgan fingerprint density at radius 2 is 1.72 bits per heavy atom. The Morgan fingerprint density at radius 3 is 2.38 bits per heavy atom. The van der Waals surface area contributed by atoms with E-state index in [1.54, 1.807) is 18.2 Å². The summed E-state index contributed by atoms with van der Waals surface area (Å²) in [5.74, 6) is -0.593. The number of nitrogens with zero attached hydrogens (tertiary/aromatic N) is 1. The minimum absolute atomic E-state index is 0.0472. The molecule has 172 valence electrons. The molecule has 0 bridgehead atoms. The smallest absolute Gasteiger partial charge is 0.251 e. The number of nitrogens with one attached hydrogen (secondary N) is 2. The number of carbonyl (C=O) groups is 2. The van der Waals surface area contributed by atoms with Gasteiger partial charge in [0.05, 0.1) is 11.1 Å². The molecular formula is C23H28ClN3O4S. The van der Waals surface area contributed by atoms with E-state index in [9.17, 15) is 18.0 Å². The van der Waals surface area contributed by atoms with Crippen LogP contribution in [0.1, 0.15) is 61.5 Å². The molecule has 1 aliphatic heterocycles. The van der Waals surface area contributed by atoms with Crippen molar-refractivity contribution < 1.29 is 18.0 Å². The second-order valence-electron chi connectivity index (χ2n) is 7.97. The molecular weight excluding hydrogens is 450 g/mol. The molecule has 3 rings (SSSR count). The van der Waals surface area contributed by atoms with Crippen LogP contribution in [0.3, 0.4) is 0 Å². The van der Waals surface area contributed by atoms with E-state index in [4.69, 9.17) is 11.6 Å². The number of amides is 2. The number of benzene rings is 2. The Balaban J connectivity index is 1.80. The van der Waals surface area contributed by atoms with Gasteiger partial charge in [0.25, 0.3) is 5.91 Å². The van der Waals surface area contributed by atoms with Crippen LogP contribution >= 0.6 is 11.6 Å². The zero-order valence-electron chi connectivity index (χ0n) is 18.2. The Labute approximate surface area is 194 Å². The zero-order chi connectivity index (χ0) is 23.3. The van der Waals surface area contributed by atoms with Crippen molar-refractivity contribution >= 4 is 39.1 Å². The van der Waals surface area contributed by atoms with Gasteiger partial charge in [0.2, 0.25) is 15.9 Å². The Kier molecular flexibility index (Phi) is 7.92. The Morgan fingerprint density at radius 1 is 1.03 bits per heavy atom. The van der Waals surface area contributed by atoms with E-state index in [-0.39, 0.29) is 27.4 Å². The van der Waals surface area contributed by atoms with E-state index in [1.807, 2.05) is 13.0 Å². The van der Waals surface area contributed by atoms with Gasteiger partial charge in [0, 0.05) is 31.3 Å². The third-order valence-electron chi connectivity index (χ3n) is 5.43. The number of anilines is 1. The van der Waals surface area contributed by atoms with Crippen LogP contribution in [0.15, 0.2) is 47.4 Å². The highest BCUT2D eigenvalue weighted by molar-refractivity contribution is 7.89. The van der Waals surface area contributed by atoms with Crippen LogP contribution in [0.5, 0.6) is 0 Å². The topological polar surface area (TPSA) is 95.6 Å². The lowest BCUT2D eigenvalue weighted by Gasteiger charge is -2.21. The summed E-state index contributed by atoms with van der Waals surface area (Å²) in [5, 5.41) is 5.69. The van der Waals surface area contributed by atoms with Crippen LogP contribution in [0.25, 0.3) is 0 Å². The van der Waals surface area contributed by atoms with Gasteiger partial charge in [0.1, 0.15) is 4.90 Å². The van der Waals surface area contributed by atoms with Crippen LogP contribution in [0.2, 0.25) is 5.02 Å². The average Bonchev–Trinajstić information content (AvgIpc) is 3.04. The first-order valence-electron chi connectivity index (χ1n) is 10.7. The van der Waals surface area contributed by atoms with Crippen LogP contribution in [-0.2, 0) is 14.8 Å². The standard InChI is InChI=1S/C23H28ClN3O4S/c1-16(18-8-7-9-20(14-18)26-17(2)28)25-23(29)19-10-11-21(24)22(15-19)32(30,31)27-12-5-3-4-6-13-27/h7-11,14-16H,3-6,12-13H2,1-2H3,(H,25,29)(H,26,28). The fourth-order valence-corrected chi connectivity index (χ4v) is 5.73. The summed E-state index contributed by atoms with van der Waals surface area (Å²) in [6.07, 6.45) is 3.63. The highest BCUT2D eigenvalue weighted by atomic mass is 35.5. The van der Waals surface area contributed by atoms with Crippen molar-refractivity contribution in [3.63, 3.8) is 0 Å². The molecule has 0 aliphatic carbocycles. The molecule has 2 aromatic rings. The highest BCUT2D eigenvalue weighted by Crippen LogP contribution is 2.28. The van der Waals surface area contributed by atoms with Crippen molar-refractivity contribution in [3.05, 3.63) is 58.6 Å². The van der Waals surface area contributed by atoms with Crippen LogP contribution in [0, 0.1) is 0 Å². The van der Waals surface area contributed by atoms with Gasteiger partial charge in [-0.2, -0.15) is 4.31 Å². The third-order valence-corrected chi connectivity index (χ3v) is 7.81. The van der Waals surface area contributed by atoms with Crippen molar-refractivity contribution in [2.75, 3.05) is 18.4 Å². The Bertz CT molecular complexity index is 1100. The maximum atomic E-state index is 13.2. The van der Waals surface area contributed by atoms with Crippen molar-refractivity contribution in [2.45, 2.75) is 50.5 Å². The van der Waals surface area contributed by atoms with Gasteiger partial charge < -0.3 is 10.6 Å². The lowest BCUT2D eigenvalue weighted by molar-refractivity contribution is -0.114. The molecule has 1 atom stereocenters. The lowest BCUT2D eigenvalue weighted by atomic mass is 10.1. The summed E-state index contributed by atoms with van der Waals surface area (Å²) in [7, 11) is -3.79. The number of hydrogen-bond donors (Lipinski definition) is 2. The third kappa shape index (κ3) is 5.88. The molecule has 2 amide bonds. The SMILES string of the molecule is CC(=O)Nc1cccc(C(C)NC(=O)c2ccc(Cl)c(S(=O)(=O)N3CCCCCC3)c2)c1. The van der Waals surface area contributed by atoms with Crippen molar-refractivity contribution in [1.82, 2.24) is 9.62 Å². The molecule has 9 heteroatoms. The van der Waals surface area contributed by atoms with E-state index in [0.717, 1.165) is 31.2 Å². The molecule has 2 N–H and O–H groups in total. The second-order valence-corrected chi connectivity index (χ2v) is 10.3. The fourth-order valence-electron chi connectivity index (χ4n) is 3.72. The number of carbonyl (C=O) groups excluding carboxylic acids is 2. The summed E-state index contributed by atoms with van der Waals surface area (Å²) < 4.78 is 27.8.